The lowest BCUT2D eigenvalue weighted by atomic mass is 9.57. The molecule has 1 aromatic carbocycles. The Morgan fingerprint density at radius 1 is 0.913 bits per heavy atom. The molecule has 246 valence electrons. The first-order chi connectivity index (χ1) is 21.7. The van der Waals surface area contributed by atoms with Crippen LogP contribution in [0.15, 0.2) is 63.8 Å². The largest absolute Gasteiger partial charge is 0.493 e. The molecule has 3 aliphatic carbocycles. The summed E-state index contributed by atoms with van der Waals surface area (Å²) in [6, 6.07) is 11.2. The Balaban J connectivity index is 1.68. The van der Waals surface area contributed by atoms with E-state index in [1.54, 1.807) is 0 Å². The number of fused-ring (bicyclic) bond motifs is 1. The van der Waals surface area contributed by atoms with Gasteiger partial charge in [-0.3, -0.25) is 0 Å². The summed E-state index contributed by atoms with van der Waals surface area (Å²) in [4.78, 5) is 0. The molecule has 3 atom stereocenters. The fraction of sp³-hybridized carbons (Fsp3) is 0.561. The third-order valence-electron chi connectivity index (χ3n) is 12.3. The maximum absolute atomic E-state index is 10.4. The van der Waals surface area contributed by atoms with Crippen LogP contribution in [-0.2, 0) is 4.74 Å². The number of ether oxygens (including phenoxy) is 2. The van der Waals surface area contributed by atoms with Gasteiger partial charge in [0.05, 0.1) is 28.3 Å². The summed E-state index contributed by atoms with van der Waals surface area (Å²) in [6.45, 7) is 20.6. The van der Waals surface area contributed by atoms with E-state index in [1.165, 1.54) is 5.57 Å². The van der Waals surface area contributed by atoms with Crippen LogP contribution in [0.25, 0.3) is 11.8 Å². The van der Waals surface area contributed by atoms with E-state index in [9.17, 15) is 10.5 Å². The molecule has 0 saturated carbocycles. The zero-order valence-corrected chi connectivity index (χ0v) is 30.3. The first-order valence-corrected chi connectivity index (χ1v) is 17.6. The molecule has 0 amide bonds. The van der Waals surface area contributed by atoms with Crippen molar-refractivity contribution in [2.75, 3.05) is 6.61 Å². The standard InChI is InChI=1S/C41H53ClN2O2/c1-10-38(4,5)40(8,11-2)34-21-13-17-28(31(34)25-43)27-45-36-23-14-19-30-29(36)18-15-24-37(30)46-41(9,12-3)39(6,7)33-20-16-22-35(42)32(33)26-44/h15-16,18-19,21-22,24,33H,10-14,17,20,23,27H2,1-9H3. The van der Waals surface area contributed by atoms with Crippen molar-refractivity contribution in [2.24, 2.45) is 22.2 Å². The highest BCUT2D eigenvalue weighted by Crippen LogP contribution is 2.53. The summed E-state index contributed by atoms with van der Waals surface area (Å²) in [5.74, 6) is 1.73. The molecule has 4 nitrogen and oxygen atoms in total. The monoisotopic (exact) mass is 640 g/mol. The average molecular weight is 641 g/mol. The number of hydrogen-bond donors (Lipinski definition) is 0. The van der Waals surface area contributed by atoms with E-state index in [2.05, 4.69) is 98.7 Å². The van der Waals surface area contributed by atoms with Crippen LogP contribution < -0.4 is 15.2 Å². The van der Waals surface area contributed by atoms with E-state index in [1.807, 2.05) is 18.2 Å². The van der Waals surface area contributed by atoms with Crippen LogP contribution in [0.2, 0.25) is 0 Å². The molecule has 3 aliphatic rings. The lowest BCUT2D eigenvalue weighted by Gasteiger charge is -2.49. The summed E-state index contributed by atoms with van der Waals surface area (Å²) in [5.41, 5.74) is 2.77. The molecule has 0 saturated heterocycles. The lowest BCUT2D eigenvalue weighted by molar-refractivity contribution is -0.0559. The second-order valence-electron chi connectivity index (χ2n) is 14.8. The highest BCUT2D eigenvalue weighted by atomic mass is 35.5. The normalized spacial score (nSPS) is 21.3. The quantitative estimate of drug-likeness (QED) is 0.228. The second-order valence-corrected chi connectivity index (χ2v) is 15.2. The molecule has 0 spiro atoms. The Morgan fingerprint density at radius 3 is 2.26 bits per heavy atom. The van der Waals surface area contributed by atoms with Gasteiger partial charge < -0.3 is 9.47 Å². The van der Waals surface area contributed by atoms with Gasteiger partial charge in [0, 0.05) is 28.2 Å². The van der Waals surface area contributed by atoms with E-state index < -0.39 is 5.60 Å². The predicted octanol–water partition coefficient (Wildman–Crippen LogP) is 9.94. The van der Waals surface area contributed by atoms with Crippen molar-refractivity contribution in [1.29, 1.82) is 10.5 Å². The minimum atomic E-state index is -0.570. The smallest absolute Gasteiger partial charge is 0.127 e. The fourth-order valence-electron chi connectivity index (χ4n) is 7.65. The molecular formula is C41H53ClN2O2. The molecular weight excluding hydrogens is 588 g/mol. The van der Waals surface area contributed by atoms with Crippen molar-refractivity contribution in [2.45, 2.75) is 119 Å². The number of hydrogen-bond acceptors (Lipinski definition) is 4. The third kappa shape index (κ3) is 6.23. The maximum Gasteiger partial charge on any atom is 0.127 e. The maximum atomic E-state index is 10.4. The fourth-order valence-corrected chi connectivity index (χ4v) is 7.91. The number of halogens is 1. The number of rotatable bonds is 12. The van der Waals surface area contributed by atoms with E-state index in [4.69, 9.17) is 21.1 Å². The van der Waals surface area contributed by atoms with Gasteiger partial charge in [-0.2, -0.15) is 10.5 Å². The molecule has 3 unspecified atom stereocenters. The van der Waals surface area contributed by atoms with Crippen molar-refractivity contribution in [3.8, 4) is 17.9 Å². The third-order valence-corrected chi connectivity index (χ3v) is 12.7. The number of allylic oxidation sites excluding steroid dienone is 7. The van der Waals surface area contributed by atoms with Gasteiger partial charge >= 0.3 is 0 Å². The summed E-state index contributed by atoms with van der Waals surface area (Å²) >= 11 is 6.50. The highest BCUT2D eigenvalue weighted by molar-refractivity contribution is 6.32. The Morgan fingerprint density at radius 2 is 1.63 bits per heavy atom. The van der Waals surface area contributed by atoms with Gasteiger partial charge in [0.2, 0.25) is 0 Å². The Bertz CT molecular complexity index is 1680. The molecule has 5 heteroatoms. The van der Waals surface area contributed by atoms with E-state index >= 15 is 0 Å². The summed E-state index contributed by atoms with van der Waals surface area (Å²) < 4.78 is 13.7. The highest BCUT2D eigenvalue weighted by Gasteiger charge is 2.49. The first kappa shape index (κ1) is 35.6. The van der Waals surface area contributed by atoms with Gasteiger partial charge in [0.25, 0.3) is 0 Å². The Labute approximate surface area is 282 Å². The number of nitrogens with zero attached hydrogens (tertiary/aromatic N) is 2. The van der Waals surface area contributed by atoms with Crippen LogP contribution >= 0.6 is 11.6 Å². The van der Waals surface area contributed by atoms with Gasteiger partial charge in [0.15, 0.2) is 0 Å². The summed E-state index contributed by atoms with van der Waals surface area (Å²) in [7, 11) is 0. The summed E-state index contributed by atoms with van der Waals surface area (Å²) in [6.07, 6.45) is 15.4. The van der Waals surface area contributed by atoms with E-state index in [-0.39, 0.29) is 22.2 Å². The van der Waals surface area contributed by atoms with E-state index in [0.717, 1.165) is 84.5 Å². The molecule has 0 fully saturated rings. The van der Waals surface area contributed by atoms with Gasteiger partial charge in [0.1, 0.15) is 23.7 Å². The summed E-state index contributed by atoms with van der Waals surface area (Å²) in [5, 5.41) is 23.1. The van der Waals surface area contributed by atoms with Gasteiger partial charge in [-0.1, -0.05) is 104 Å². The van der Waals surface area contributed by atoms with Crippen molar-refractivity contribution >= 4 is 23.4 Å². The van der Waals surface area contributed by atoms with Crippen LogP contribution in [0, 0.1) is 44.8 Å². The molecule has 0 heterocycles. The van der Waals surface area contributed by atoms with Crippen LogP contribution in [0.4, 0.5) is 0 Å². The van der Waals surface area contributed by atoms with Crippen molar-refractivity contribution in [3.63, 3.8) is 0 Å². The SMILES string of the molecule is CCC(C)(C)C(C)(CC)C1=CCCC(COC2=c3cccc(OC(C)(CC)C(C)(C)C4CC=CC(Cl)=C4C#N)c3=CCC2)=C1C#N. The molecule has 46 heavy (non-hydrogen) atoms. The zero-order valence-electron chi connectivity index (χ0n) is 29.6. The van der Waals surface area contributed by atoms with Gasteiger partial charge in [-0.25, -0.2) is 0 Å². The topological polar surface area (TPSA) is 66.0 Å². The number of benzene rings is 1. The molecule has 1 aromatic rings. The molecule has 0 aliphatic heterocycles. The second kappa shape index (κ2) is 13.9. The van der Waals surface area contributed by atoms with Crippen LogP contribution in [0.5, 0.6) is 5.75 Å². The first-order valence-electron chi connectivity index (χ1n) is 17.2. The predicted molar refractivity (Wildman–Crippen MR) is 190 cm³/mol. The van der Waals surface area contributed by atoms with Crippen molar-refractivity contribution in [3.05, 3.63) is 74.2 Å². The number of nitriles is 2. The lowest BCUT2D eigenvalue weighted by Crippen LogP contribution is -2.52. The van der Waals surface area contributed by atoms with E-state index in [0.29, 0.717) is 17.2 Å². The minimum absolute atomic E-state index is 0.0524. The van der Waals surface area contributed by atoms with Gasteiger partial charge in [-0.15, -0.1) is 0 Å². The molecule has 0 radical (unpaired) electrons. The average Bonchev–Trinajstić information content (AvgIpc) is 3.06. The van der Waals surface area contributed by atoms with Gasteiger partial charge in [-0.05, 0) is 79.6 Å². The van der Waals surface area contributed by atoms with Crippen molar-refractivity contribution in [1.82, 2.24) is 0 Å². The minimum Gasteiger partial charge on any atom is -0.493 e. The van der Waals surface area contributed by atoms with Crippen LogP contribution in [0.1, 0.15) is 114 Å². The molecule has 0 aromatic heterocycles. The Kier molecular flexibility index (Phi) is 10.8. The Hall–Kier alpha value is -3.21. The van der Waals surface area contributed by atoms with Crippen molar-refractivity contribution < 1.29 is 9.47 Å². The molecule has 0 N–H and O–H groups in total. The molecule has 0 bridgehead atoms. The molecule has 4 rings (SSSR count). The van der Waals surface area contributed by atoms with Crippen LogP contribution in [0.3, 0.4) is 0 Å². The zero-order chi connectivity index (χ0) is 33.9. The van der Waals surface area contributed by atoms with Crippen LogP contribution in [-0.4, -0.2) is 12.2 Å².